The summed E-state index contributed by atoms with van der Waals surface area (Å²) in [6.45, 7) is 4.17. The molecule has 0 bridgehead atoms. The summed E-state index contributed by atoms with van der Waals surface area (Å²) in [7, 11) is 0.596. The van der Waals surface area contributed by atoms with Gasteiger partial charge in [-0.1, -0.05) is 42.5 Å². The Balaban J connectivity index is 1.30. The average molecular weight is 485 g/mol. The third-order valence-electron chi connectivity index (χ3n) is 6.50. The molecule has 5 rings (SSSR count). The highest BCUT2D eigenvalue weighted by Crippen LogP contribution is 2.41. The van der Waals surface area contributed by atoms with Crippen LogP contribution >= 0.6 is 0 Å². The molecule has 0 radical (unpaired) electrons. The maximum absolute atomic E-state index is 12.0. The monoisotopic (exact) mass is 485 g/mol. The number of aryl methyl sites for hydroxylation is 2. The predicted molar refractivity (Wildman–Crippen MR) is 136 cm³/mol. The third kappa shape index (κ3) is 5.09. The van der Waals surface area contributed by atoms with Gasteiger partial charge in [-0.3, -0.25) is 14.5 Å². The Labute approximate surface area is 211 Å². The highest BCUT2D eigenvalue weighted by atomic mass is 16.6. The van der Waals surface area contributed by atoms with E-state index in [-0.39, 0.29) is 19.2 Å². The van der Waals surface area contributed by atoms with Crippen LogP contribution in [0.3, 0.4) is 0 Å². The van der Waals surface area contributed by atoms with Crippen LogP contribution in [0.25, 0.3) is 0 Å². The van der Waals surface area contributed by atoms with E-state index < -0.39 is 19.1 Å². The van der Waals surface area contributed by atoms with Crippen molar-refractivity contribution in [1.29, 1.82) is 0 Å². The summed E-state index contributed by atoms with van der Waals surface area (Å²) in [4.78, 5) is 25.6. The lowest BCUT2D eigenvalue weighted by molar-refractivity contribution is -0.145. The molecule has 0 amide bonds. The molecule has 1 fully saturated rings. The van der Waals surface area contributed by atoms with Crippen LogP contribution in [0.1, 0.15) is 34.8 Å². The number of carbonyl (C=O) groups is 2. The first-order valence-corrected chi connectivity index (χ1v) is 12.1. The maximum Gasteiger partial charge on any atom is 0.636 e. The Morgan fingerprint density at radius 1 is 0.889 bits per heavy atom. The van der Waals surface area contributed by atoms with Crippen molar-refractivity contribution in [2.24, 2.45) is 0 Å². The van der Waals surface area contributed by atoms with Crippen molar-refractivity contribution in [1.82, 2.24) is 4.90 Å². The second-order valence-electron chi connectivity index (χ2n) is 9.35. The second kappa shape index (κ2) is 10.1. The Kier molecular flexibility index (Phi) is 6.70. The van der Waals surface area contributed by atoms with Crippen LogP contribution in [0.5, 0.6) is 17.2 Å². The minimum atomic E-state index is -1.07. The molecule has 0 N–H and O–H groups in total. The van der Waals surface area contributed by atoms with Crippen LogP contribution in [0.2, 0.25) is 0 Å². The van der Waals surface area contributed by atoms with E-state index in [0.29, 0.717) is 11.2 Å². The lowest BCUT2D eigenvalue weighted by atomic mass is 9.78. The molecule has 0 spiro atoms. The fourth-order valence-corrected chi connectivity index (χ4v) is 4.71. The predicted octanol–water partition coefficient (Wildman–Crippen LogP) is 3.89. The summed E-state index contributed by atoms with van der Waals surface area (Å²) < 4.78 is 23.4. The van der Waals surface area contributed by atoms with Gasteiger partial charge in [-0.15, -0.1) is 0 Å². The van der Waals surface area contributed by atoms with Crippen molar-refractivity contribution in [3.8, 4) is 17.2 Å². The Morgan fingerprint density at radius 2 is 1.53 bits per heavy atom. The standard InChI is InChI=1S/C28H28BNO6/c1-18-6-4-7-19(2)28(18)34-24-9-5-8-22-23(24)14-15-25(22)33-21-12-10-20(11-13-21)29-35-26(31)16-30(3)17-27(32)36-29/h4-13,25H,14-17H2,1-3H3/t25-/m1/s1. The zero-order valence-corrected chi connectivity index (χ0v) is 20.7. The van der Waals surface area contributed by atoms with Crippen LogP contribution in [0.4, 0.5) is 0 Å². The summed E-state index contributed by atoms with van der Waals surface area (Å²) in [5.74, 6) is 1.55. The van der Waals surface area contributed by atoms with E-state index in [1.165, 1.54) is 5.56 Å². The van der Waals surface area contributed by atoms with E-state index in [0.717, 1.165) is 41.0 Å². The first-order valence-electron chi connectivity index (χ1n) is 12.1. The SMILES string of the molecule is Cc1cccc(C)c1Oc1cccc2c1CC[C@H]2Oc1ccc(B2OC(=O)CN(C)CC(=O)O2)cc1. The van der Waals surface area contributed by atoms with E-state index in [9.17, 15) is 9.59 Å². The zero-order valence-electron chi connectivity index (χ0n) is 20.7. The molecule has 1 atom stereocenters. The molecule has 1 saturated heterocycles. The molecule has 3 aromatic carbocycles. The molecule has 8 heteroatoms. The average Bonchev–Trinajstić information content (AvgIpc) is 3.24. The Morgan fingerprint density at radius 3 is 2.19 bits per heavy atom. The lowest BCUT2D eigenvalue weighted by Crippen LogP contribution is -2.47. The largest absolute Gasteiger partial charge is 0.636 e. The zero-order chi connectivity index (χ0) is 25.2. The summed E-state index contributed by atoms with van der Waals surface area (Å²) in [6, 6.07) is 19.3. The molecule has 3 aromatic rings. The van der Waals surface area contributed by atoms with Crippen LogP contribution in [-0.2, 0) is 25.3 Å². The van der Waals surface area contributed by atoms with Crippen LogP contribution in [-0.4, -0.2) is 44.1 Å². The molecule has 1 aliphatic carbocycles. The molecule has 2 aliphatic rings. The Bertz CT molecular complexity index is 1250. The van der Waals surface area contributed by atoms with Gasteiger partial charge in [0.25, 0.3) is 0 Å². The summed E-state index contributed by atoms with van der Waals surface area (Å²) in [6.07, 6.45) is 1.61. The second-order valence-corrected chi connectivity index (χ2v) is 9.35. The van der Waals surface area contributed by atoms with Gasteiger partial charge in [0.1, 0.15) is 23.4 Å². The van der Waals surface area contributed by atoms with Crippen molar-refractivity contribution in [3.05, 3.63) is 82.9 Å². The molecule has 7 nitrogen and oxygen atoms in total. The van der Waals surface area contributed by atoms with E-state index in [1.54, 1.807) is 36.2 Å². The van der Waals surface area contributed by atoms with E-state index in [4.69, 9.17) is 18.8 Å². The molecule has 1 heterocycles. The molecular weight excluding hydrogens is 457 g/mol. The molecule has 36 heavy (non-hydrogen) atoms. The highest BCUT2D eigenvalue weighted by Gasteiger charge is 2.34. The van der Waals surface area contributed by atoms with Gasteiger partial charge >= 0.3 is 19.1 Å². The van der Waals surface area contributed by atoms with Gasteiger partial charge in [-0.05, 0) is 68.6 Å². The first-order chi connectivity index (χ1) is 17.4. The number of ether oxygens (including phenoxy) is 2. The van der Waals surface area contributed by atoms with E-state index in [2.05, 4.69) is 32.0 Å². The third-order valence-corrected chi connectivity index (χ3v) is 6.50. The van der Waals surface area contributed by atoms with Crippen molar-refractivity contribution in [2.45, 2.75) is 32.8 Å². The van der Waals surface area contributed by atoms with E-state index in [1.807, 2.05) is 18.2 Å². The number of carbonyl (C=O) groups excluding carboxylic acids is 2. The van der Waals surface area contributed by atoms with Crippen LogP contribution in [0.15, 0.2) is 60.7 Å². The maximum atomic E-state index is 12.0. The van der Waals surface area contributed by atoms with Crippen LogP contribution < -0.4 is 14.9 Å². The molecule has 1 aliphatic heterocycles. The van der Waals surface area contributed by atoms with Gasteiger partial charge in [0.05, 0.1) is 13.1 Å². The first kappa shape index (κ1) is 23.9. The van der Waals surface area contributed by atoms with Gasteiger partial charge in [0.2, 0.25) is 0 Å². The number of benzene rings is 3. The van der Waals surface area contributed by atoms with Gasteiger partial charge < -0.3 is 18.8 Å². The molecule has 184 valence electrons. The Hall–Kier alpha value is -3.78. The summed E-state index contributed by atoms with van der Waals surface area (Å²) in [5, 5.41) is 0. The van der Waals surface area contributed by atoms with E-state index >= 15 is 0 Å². The van der Waals surface area contributed by atoms with Crippen molar-refractivity contribution in [3.63, 3.8) is 0 Å². The summed E-state index contributed by atoms with van der Waals surface area (Å²) >= 11 is 0. The smallest absolute Gasteiger partial charge is 0.494 e. The molecule has 0 saturated carbocycles. The van der Waals surface area contributed by atoms with Crippen molar-refractivity contribution < 1.29 is 28.4 Å². The number of hydrogen-bond donors (Lipinski definition) is 0. The number of fused-ring (bicyclic) bond motifs is 1. The van der Waals surface area contributed by atoms with Gasteiger partial charge in [0, 0.05) is 11.0 Å². The number of likely N-dealkylation sites (N-methyl/N-ethyl adjacent to an activating group) is 1. The number of rotatable bonds is 5. The quantitative estimate of drug-likeness (QED) is 0.508. The van der Waals surface area contributed by atoms with Gasteiger partial charge in [-0.2, -0.15) is 0 Å². The lowest BCUT2D eigenvalue weighted by Gasteiger charge is -2.22. The fourth-order valence-electron chi connectivity index (χ4n) is 4.71. The minimum Gasteiger partial charge on any atom is -0.494 e. The minimum absolute atomic E-state index is 0.0307. The van der Waals surface area contributed by atoms with Crippen molar-refractivity contribution >= 4 is 24.5 Å². The molecule has 0 aromatic heterocycles. The fraction of sp³-hybridized carbons (Fsp3) is 0.286. The number of nitrogens with zero attached hydrogens (tertiary/aromatic N) is 1. The number of hydrogen-bond acceptors (Lipinski definition) is 7. The molecular formula is C28H28BNO6. The highest BCUT2D eigenvalue weighted by molar-refractivity contribution is 6.64. The summed E-state index contributed by atoms with van der Waals surface area (Å²) in [5.41, 5.74) is 5.07. The van der Waals surface area contributed by atoms with Crippen LogP contribution in [0, 0.1) is 13.8 Å². The number of para-hydroxylation sites is 1. The topological polar surface area (TPSA) is 74.3 Å². The van der Waals surface area contributed by atoms with Crippen molar-refractivity contribution in [2.75, 3.05) is 20.1 Å². The van der Waals surface area contributed by atoms with Gasteiger partial charge in [0.15, 0.2) is 0 Å². The van der Waals surface area contributed by atoms with Gasteiger partial charge in [-0.25, -0.2) is 0 Å². The molecule has 0 unspecified atom stereocenters. The normalized spacial score (nSPS) is 18.1.